The van der Waals surface area contributed by atoms with Crippen LogP contribution in [0, 0.1) is 0 Å². The molecule has 0 saturated heterocycles. The molecule has 32 heteroatoms. The predicted molar refractivity (Wildman–Crippen MR) is 452 cm³/mol. The summed E-state index contributed by atoms with van der Waals surface area (Å²) >= 11 is 0. The van der Waals surface area contributed by atoms with Gasteiger partial charge in [0.15, 0.2) is 28.7 Å². The molecule has 9 aromatic heterocycles. The van der Waals surface area contributed by atoms with Gasteiger partial charge in [-0.3, -0.25) is 58.1 Å². The Hall–Kier alpha value is -14.6. The van der Waals surface area contributed by atoms with Gasteiger partial charge >= 0.3 is 0 Å². The quantitative estimate of drug-likeness (QED) is 0.0113. The van der Waals surface area contributed by atoms with Gasteiger partial charge < -0.3 is 30.9 Å². The summed E-state index contributed by atoms with van der Waals surface area (Å²) in [4.78, 5) is 136. The van der Waals surface area contributed by atoms with E-state index in [0.717, 1.165) is 57.5 Å². The van der Waals surface area contributed by atoms with Crippen LogP contribution in [0.15, 0.2) is 228 Å². The zero-order chi connectivity index (χ0) is 82.7. The fraction of sp³-hybridized carbons (Fsp3) is 0.230. The van der Waals surface area contributed by atoms with E-state index in [-0.39, 0.29) is 47.6 Å². The van der Waals surface area contributed by atoms with Crippen molar-refractivity contribution in [2.45, 2.75) is 129 Å². The van der Waals surface area contributed by atoms with Gasteiger partial charge in [-0.25, -0.2) is 71.3 Å². The number of imidazole rings is 3. The SMILES string of the molecule is CC[C@H](Nc1nccc2[nH]cnc12)c1nc2cccc(CCc3ccc(C(=O)NO)cc3)c2c(=O)n1-c1ccccc1.CC[C@H](Nc1ncnc2nc[nH]c12)c1nc2cccc(CCCCC(=O)NO)c2c(=O)n1-c1ccccc1.CC[C@H](Nc1ncnc2nc[nH]c12)c1nc2cccc(CCCCCC(=O)NO)c2c(=O)n1-c1ccccc1. The Morgan fingerprint density at radius 2 is 0.807 bits per heavy atom. The first kappa shape index (κ1) is 81.0. The number of hydroxylamine groups is 3. The number of carbonyl (C=O) groups is 3. The van der Waals surface area contributed by atoms with Crippen LogP contribution in [0.2, 0.25) is 0 Å². The van der Waals surface area contributed by atoms with Crippen LogP contribution < -0.4 is 49.1 Å². The Morgan fingerprint density at radius 1 is 0.395 bits per heavy atom. The molecule has 604 valence electrons. The number of pyridine rings is 1. The van der Waals surface area contributed by atoms with E-state index in [0.29, 0.717) is 165 Å². The van der Waals surface area contributed by atoms with Gasteiger partial charge in [-0.1, -0.05) is 130 Å². The van der Waals surface area contributed by atoms with Gasteiger partial charge in [0.1, 0.15) is 46.7 Å². The summed E-state index contributed by atoms with van der Waals surface area (Å²) in [7, 11) is 0. The number of aryl methyl sites for hydroxylation is 4. The number of anilines is 3. The van der Waals surface area contributed by atoms with E-state index in [1.807, 2.05) is 185 Å². The van der Waals surface area contributed by atoms with Gasteiger partial charge in [-0.2, -0.15) is 0 Å². The number of nitrogens with one attached hydrogen (secondary N) is 9. The summed E-state index contributed by atoms with van der Waals surface area (Å²) in [6.07, 6.45) is 17.9. The highest BCUT2D eigenvalue weighted by Gasteiger charge is 2.28. The fourth-order valence-corrected chi connectivity index (χ4v) is 14.7. The Balaban J connectivity index is 0.000000147. The standard InChI is InChI=1S/C32H29N7O3.C28H30N8O3.C27H28N8O3/c1-2-24(36-29-28-26(17-18-33-29)34-19-35-28)30-37-25-10-6-7-21(14-11-20-12-15-22(16-13-20)31(40)38-42)27(25)32(41)39(30)23-8-4-3-5-9-23;1-2-20(33-26-24-25(30-16-29-24)31-17-32-26)27-34-21-14-9-11-18(10-5-3-8-15-22(37)35-39)23(21)28(38)36(27)19-12-6-4-7-13-19;1-2-19(32-25-23-24(29-15-28-23)30-16-31-25)26-33-20-13-8-10-17(9-6-7-14-21(36)34-38)22(20)27(37)35(26)18-11-4-3-5-12-18/h3-10,12-13,15-19,24,42H,2,11,14H2,1H3,(H,33,36)(H,34,35)(H,38,40);4,6-7,9,11-14,16-17,20,39H,2-3,5,8,10,15H2,1H3,(H,35,37)(H2,29,30,31,32,33);3-5,8,10-13,15-16,19,38H,2,6-7,9,14H2,1H3,(H,34,36)(H2,28,29,30,31,32)/t24-;20-;19-/m000/s1. The summed E-state index contributed by atoms with van der Waals surface area (Å²) in [5.74, 6) is 2.15. The summed E-state index contributed by atoms with van der Waals surface area (Å²) in [5.41, 5.74) is 16.7. The van der Waals surface area contributed by atoms with E-state index < -0.39 is 17.7 Å². The second kappa shape index (κ2) is 38.2. The number of hydrogen-bond donors (Lipinski definition) is 12. The highest BCUT2D eigenvalue weighted by Crippen LogP contribution is 2.33. The second-order valence-electron chi connectivity index (χ2n) is 28.2. The third-order valence-electron chi connectivity index (χ3n) is 20.6. The molecule has 0 saturated carbocycles. The van der Waals surface area contributed by atoms with Crippen LogP contribution in [0.25, 0.3) is 83.1 Å². The van der Waals surface area contributed by atoms with Crippen molar-refractivity contribution in [1.82, 2.24) is 99.9 Å². The summed E-state index contributed by atoms with van der Waals surface area (Å²) in [6.45, 7) is 6.09. The molecule has 0 unspecified atom stereocenters. The number of unbranched alkanes of at least 4 members (excludes halogenated alkanes) is 3. The van der Waals surface area contributed by atoms with E-state index in [2.05, 4.69) is 70.8 Å². The van der Waals surface area contributed by atoms with Crippen molar-refractivity contribution in [2.75, 3.05) is 16.0 Å². The van der Waals surface area contributed by atoms with Gasteiger partial charge in [0.05, 0.1) is 92.4 Å². The molecule has 7 aromatic carbocycles. The van der Waals surface area contributed by atoms with Gasteiger partial charge in [0, 0.05) is 24.6 Å². The zero-order valence-electron chi connectivity index (χ0n) is 65.4. The van der Waals surface area contributed by atoms with Crippen molar-refractivity contribution in [3.05, 3.63) is 290 Å². The van der Waals surface area contributed by atoms with Crippen LogP contribution in [-0.2, 0) is 35.3 Å². The molecule has 32 nitrogen and oxygen atoms in total. The number of aromatic amines is 3. The highest BCUT2D eigenvalue weighted by atomic mass is 16.5. The second-order valence-corrected chi connectivity index (χ2v) is 28.2. The largest absolute Gasteiger partial charge is 0.358 e. The molecule has 9 heterocycles. The average Bonchev–Trinajstić information content (AvgIpc) is 1.61. The van der Waals surface area contributed by atoms with Crippen LogP contribution in [0.1, 0.15) is 153 Å². The minimum absolute atomic E-state index is 0.133. The third kappa shape index (κ3) is 18.2. The van der Waals surface area contributed by atoms with E-state index in [4.69, 9.17) is 30.6 Å². The monoisotopic (exact) mass is 1600 g/mol. The van der Waals surface area contributed by atoms with Crippen molar-refractivity contribution in [1.29, 1.82) is 0 Å². The molecule has 0 aliphatic heterocycles. The normalized spacial score (nSPS) is 12.0. The molecule has 0 aliphatic carbocycles. The van der Waals surface area contributed by atoms with Gasteiger partial charge in [-0.15, -0.1) is 0 Å². The molecule has 12 N–H and O–H groups in total. The number of fused-ring (bicyclic) bond motifs is 6. The van der Waals surface area contributed by atoms with E-state index >= 15 is 0 Å². The number of rotatable bonds is 30. The summed E-state index contributed by atoms with van der Waals surface area (Å²) in [5, 5.41) is 38.4. The molecule has 3 amide bonds. The summed E-state index contributed by atoms with van der Waals surface area (Å²) < 4.78 is 5.04. The summed E-state index contributed by atoms with van der Waals surface area (Å²) in [6, 6.07) is 53.6. The molecule has 3 atom stereocenters. The number of carbonyl (C=O) groups excluding carboxylic acids is 3. The van der Waals surface area contributed by atoms with Gasteiger partial charge in [-0.05, 0) is 166 Å². The lowest BCUT2D eigenvalue weighted by Crippen LogP contribution is -2.29. The Labute approximate surface area is 679 Å². The molecule has 16 rings (SSSR count). The number of para-hydroxylation sites is 3. The zero-order valence-corrected chi connectivity index (χ0v) is 65.4. The lowest BCUT2D eigenvalue weighted by Gasteiger charge is -2.22. The van der Waals surface area contributed by atoms with Crippen LogP contribution in [0.5, 0.6) is 0 Å². The lowest BCUT2D eigenvalue weighted by molar-refractivity contribution is -0.130. The van der Waals surface area contributed by atoms with Gasteiger partial charge in [0.25, 0.3) is 22.6 Å². The van der Waals surface area contributed by atoms with Crippen molar-refractivity contribution in [3.8, 4) is 17.1 Å². The molecular weight excluding hydrogens is 1510 g/mol. The first-order valence-electron chi connectivity index (χ1n) is 39.3. The molecule has 0 aliphatic rings. The molecule has 0 bridgehead atoms. The Bertz CT molecular complexity index is 6440. The van der Waals surface area contributed by atoms with Crippen molar-refractivity contribution >= 4 is 101 Å². The van der Waals surface area contributed by atoms with Crippen LogP contribution >= 0.6 is 0 Å². The first-order valence-corrected chi connectivity index (χ1v) is 39.3. The number of H-pyrrole nitrogens is 3. The molecule has 0 spiro atoms. The minimum Gasteiger partial charge on any atom is -0.358 e. The third-order valence-corrected chi connectivity index (χ3v) is 20.6. The van der Waals surface area contributed by atoms with Crippen molar-refractivity contribution in [2.24, 2.45) is 0 Å². The molecular formula is C87H87N23O9. The lowest BCUT2D eigenvalue weighted by atomic mass is 10.00. The van der Waals surface area contributed by atoms with E-state index in [9.17, 15) is 28.8 Å². The van der Waals surface area contributed by atoms with Crippen molar-refractivity contribution in [3.63, 3.8) is 0 Å². The molecule has 16 aromatic rings. The van der Waals surface area contributed by atoms with Crippen LogP contribution in [0.3, 0.4) is 0 Å². The first-order chi connectivity index (χ1) is 58.3. The minimum atomic E-state index is -0.560. The highest BCUT2D eigenvalue weighted by molar-refractivity contribution is 5.93. The van der Waals surface area contributed by atoms with E-state index in [1.165, 1.54) is 12.7 Å². The Kier molecular flexibility index (Phi) is 26.0. The van der Waals surface area contributed by atoms with E-state index in [1.54, 1.807) is 67.5 Å². The maximum atomic E-state index is 14.4. The number of hydrogen-bond acceptors (Lipinski definition) is 23. The number of aromatic nitrogens is 17. The average molecular weight is 1600 g/mol. The number of nitrogens with zero attached hydrogens (tertiary/aromatic N) is 14. The molecule has 0 radical (unpaired) electrons. The molecule has 119 heavy (non-hydrogen) atoms. The fourth-order valence-electron chi connectivity index (χ4n) is 14.7. The maximum absolute atomic E-state index is 14.4. The van der Waals surface area contributed by atoms with Crippen LogP contribution in [-0.4, -0.2) is 117 Å². The number of amides is 3. The predicted octanol–water partition coefficient (Wildman–Crippen LogP) is 13.2. The Morgan fingerprint density at radius 3 is 1.24 bits per heavy atom. The van der Waals surface area contributed by atoms with Crippen molar-refractivity contribution < 1.29 is 30.0 Å². The number of benzene rings is 7. The smallest absolute Gasteiger partial charge is 0.274 e. The topological polar surface area (TPSA) is 439 Å². The van der Waals surface area contributed by atoms with Gasteiger partial charge in [0.2, 0.25) is 11.8 Å². The molecule has 0 fully saturated rings. The maximum Gasteiger partial charge on any atom is 0.274 e. The van der Waals surface area contributed by atoms with Crippen LogP contribution in [0.4, 0.5) is 17.5 Å².